The van der Waals surface area contributed by atoms with E-state index in [2.05, 4.69) is 28.7 Å². The number of aromatic nitrogens is 3. The Balaban J connectivity index is 2.10. The van der Waals surface area contributed by atoms with Crippen LogP contribution in [0.5, 0.6) is 0 Å². The summed E-state index contributed by atoms with van der Waals surface area (Å²) in [6.07, 6.45) is 6.50. The van der Waals surface area contributed by atoms with E-state index in [1.165, 1.54) is 0 Å². The number of hydrogen-bond donors (Lipinski definition) is 1. The summed E-state index contributed by atoms with van der Waals surface area (Å²) in [4.78, 5) is 11.0. The lowest BCUT2D eigenvalue weighted by atomic mass is 10.2. The van der Waals surface area contributed by atoms with Crippen molar-refractivity contribution in [2.75, 3.05) is 13.2 Å². The van der Waals surface area contributed by atoms with Crippen LogP contribution in [0.15, 0.2) is 24.7 Å². The molecule has 0 bridgehead atoms. The first kappa shape index (κ1) is 13.0. The Hall–Kier alpha value is -1.46. The lowest BCUT2D eigenvalue weighted by Gasteiger charge is -2.25. The van der Waals surface area contributed by atoms with Crippen LogP contribution < -0.4 is 0 Å². The van der Waals surface area contributed by atoms with Gasteiger partial charge in [-0.15, -0.1) is 0 Å². The van der Waals surface area contributed by atoms with Gasteiger partial charge in [0, 0.05) is 44.3 Å². The molecule has 2 rings (SSSR count). The van der Waals surface area contributed by atoms with Gasteiger partial charge in [-0.2, -0.15) is 0 Å². The van der Waals surface area contributed by atoms with Crippen molar-refractivity contribution in [3.8, 4) is 0 Å². The van der Waals surface area contributed by atoms with Crippen LogP contribution in [0.4, 0.5) is 0 Å². The van der Waals surface area contributed by atoms with E-state index in [1.807, 2.05) is 22.9 Å². The highest BCUT2D eigenvalue weighted by Gasteiger charge is 2.12. The van der Waals surface area contributed by atoms with Crippen molar-refractivity contribution in [3.63, 3.8) is 0 Å². The molecule has 98 valence electrons. The molecule has 0 unspecified atom stereocenters. The van der Waals surface area contributed by atoms with Crippen molar-refractivity contribution >= 4 is 5.78 Å². The summed E-state index contributed by atoms with van der Waals surface area (Å²) in [7, 11) is 0. The van der Waals surface area contributed by atoms with E-state index in [9.17, 15) is 0 Å². The predicted molar refractivity (Wildman–Crippen MR) is 70.2 cm³/mol. The molecule has 0 fully saturated rings. The first-order chi connectivity index (χ1) is 8.70. The molecule has 0 aliphatic rings. The normalized spacial score (nSPS) is 11.8. The Kier molecular flexibility index (Phi) is 4.28. The first-order valence-corrected chi connectivity index (χ1v) is 6.34. The third-order valence-corrected chi connectivity index (χ3v) is 2.98. The number of aliphatic hydroxyl groups excluding tert-OH is 1. The number of rotatable bonds is 6. The van der Waals surface area contributed by atoms with Gasteiger partial charge in [0.15, 0.2) is 0 Å². The smallest absolute Gasteiger partial charge is 0.233 e. The van der Waals surface area contributed by atoms with Gasteiger partial charge in [-0.05, 0) is 26.3 Å². The molecule has 2 aromatic heterocycles. The minimum Gasteiger partial charge on any atom is -0.396 e. The van der Waals surface area contributed by atoms with Gasteiger partial charge in [0.05, 0.1) is 5.69 Å². The molecular formula is C13H20N4O. The predicted octanol–water partition coefficient (Wildman–Crippen LogP) is 1.32. The lowest BCUT2D eigenvalue weighted by molar-refractivity contribution is 0.183. The topological polar surface area (TPSA) is 53.7 Å². The van der Waals surface area contributed by atoms with Gasteiger partial charge >= 0.3 is 0 Å². The minimum atomic E-state index is 0.232. The van der Waals surface area contributed by atoms with Crippen LogP contribution in [-0.4, -0.2) is 43.6 Å². The second-order valence-corrected chi connectivity index (χ2v) is 4.70. The van der Waals surface area contributed by atoms with Gasteiger partial charge in [-0.25, -0.2) is 9.97 Å². The summed E-state index contributed by atoms with van der Waals surface area (Å²) in [5, 5.41) is 8.92. The van der Waals surface area contributed by atoms with Gasteiger partial charge in [0.25, 0.3) is 0 Å². The van der Waals surface area contributed by atoms with Gasteiger partial charge in [0.1, 0.15) is 0 Å². The molecule has 0 aliphatic carbocycles. The van der Waals surface area contributed by atoms with Gasteiger partial charge < -0.3 is 5.11 Å². The molecule has 0 aliphatic heterocycles. The van der Waals surface area contributed by atoms with Crippen molar-refractivity contribution in [2.45, 2.75) is 32.9 Å². The summed E-state index contributed by atoms with van der Waals surface area (Å²) in [5.74, 6) is 0.735. The molecule has 18 heavy (non-hydrogen) atoms. The van der Waals surface area contributed by atoms with Crippen molar-refractivity contribution in [1.82, 2.24) is 19.3 Å². The summed E-state index contributed by atoms with van der Waals surface area (Å²) < 4.78 is 1.93. The third-order valence-electron chi connectivity index (χ3n) is 2.98. The molecule has 0 amide bonds. The van der Waals surface area contributed by atoms with E-state index in [4.69, 9.17) is 5.11 Å². The average molecular weight is 248 g/mol. The Labute approximate surface area is 107 Å². The van der Waals surface area contributed by atoms with Gasteiger partial charge in [-0.3, -0.25) is 9.30 Å². The van der Waals surface area contributed by atoms with Gasteiger partial charge in [-0.1, -0.05) is 0 Å². The number of fused-ring (bicyclic) bond motifs is 1. The molecule has 0 spiro atoms. The Morgan fingerprint density at radius 2 is 2.28 bits per heavy atom. The Morgan fingerprint density at radius 1 is 1.44 bits per heavy atom. The Bertz CT molecular complexity index is 461. The van der Waals surface area contributed by atoms with Crippen LogP contribution in [0, 0.1) is 0 Å². The van der Waals surface area contributed by atoms with E-state index in [0.717, 1.165) is 31.0 Å². The molecular weight excluding hydrogens is 228 g/mol. The van der Waals surface area contributed by atoms with Crippen molar-refractivity contribution in [3.05, 3.63) is 30.4 Å². The maximum Gasteiger partial charge on any atom is 0.233 e. The van der Waals surface area contributed by atoms with E-state index < -0.39 is 0 Å². The standard InChI is InChI=1S/C13H20N4O/c1-11(2)16(7-4-8-18)9-12-10-17-6-3-5-14-13(17)15-12/h3,5-6,10-11,18H,4,7-9H2,1-2H3. The maximum atomic E-state index is 8.92. The van der Waals surface area contributed by atoms with Crippen LogP contribution in [-0.2, 0) is 6.54 Å². The fourth-order valence-electron chi connectivity index (χ4n) is 1.96. The quantitative estimate of drug-likeness (QED) is 0.837. The summed E-state index contributed by atoms with van der Waals surface area (Å²) in [6, 6.07) is 2.33. The zero-order chi connectivity index (χ0) is 13.0. The molecule has 0 atom stereocenters. The van der Waals surface area contributed by atoms with E-state index in [0.29, 0.717) is 6.04 Å². The SMILES string of the molecule is CC(C)N(CCCO)Cc1cn2cccnc2n1. The molecule has 0 saturated carbocycles. The van der Waals surface area contributed by atoms with E-state index >= 15 is 0 Å². The zero-order valence-electron chi connectivity index (χ0n) is 11.0. The van der Waals surface area contributed by atoms with Crippen molar-refractivity contribution < 1.29 is 5.11 Å². The van der Waals surface area contributed by atoms with Crippen LogP contribution in [0.1, 0.15) is 26.0 Å². The fraction of sp³-hybridized carbons (Fsp3) is 0.538. The van der Waals surface area contributed by atoms with Crippen molar-refractivity contribution in [1.29, 1.82) is 0 Å². The summed E-state index contributed by atoms with van der Waals surface area (Å²) in [6.45, 7) is 6.23. The molecule has 0 aromatic carbocycles. The summed E-state index contributed by atoms with van der Waals surface area (Å²) >= 11 is 0. The van der Waals surface area contributed by atoms with Crippen LogP contribution in [0.2, 0.25) is 0 Å². The number of hydrogen-bond acceptors (Lipinski definition) is 4. The molecule has 0 radical (unpaired) electrons. The van der Waals surface area contributed by atoms with Crippen molar-refractivity contribution in [2.24, 2.45) is 0 Å². The first-order valence-electron chi connectivity index (χ1n) is 6.34. The number of imidazole rings is 1. The molecule has 5 heteroatoms. The third kappa shape index (κ3) is 3.05. The minimum absolute atomic E-state index is 0.232. The van der Waals surface area contributed by atoms with Crippen LogP contribution in [0.25, 0.3) is 5.78 Å². The monoisotopic (exact) mass is 248 g/mol. The Morgan fingerprint density at radius 3 is 2.94 bits per heavy atom. The molecule has 5 nitrogen and oxygen atoms in total. The second kappa shape index (κ2) is 5.93. The van der Waals surface area contributed by atoms with Gasteiger partial charge in [0.2, 0.25) is 5.78 Å². The highest BCUT2D eigenvalue weighted by Crippen LogP contribution is 2.09. The highest BCUT2D eigenvalue weighted by molar-refractivity contribution is 5.29. The molecule has 2 heterocycles. The lowest BCUT2D eigenvalue weighted by Crippen LogP contribution is -2.31. The largest absolute Gasteiger partial charge is 0.396 e. The molecule has 2 aromatic rings. The number of nitrogens with zero attached hydrogens (tertiary/aromatic N) is 4. The number of aliphatic hydroxyl groups is 1. The van der Waals surface area contributed by atoms with E-state index in [1.54, 1.807) is 6.20 Å². The van der Waals surface area contributed by atoms with Crippen LogP contribution in [0.3, 0.4) is 0 Å². The van der Waals surface area contributed by atoms with E-state index in [-0.39, 0.29) is 6.61 Å². The average Bonchev–Trinajstić information content (AvgIpc) is 2.76. The molecule has 0 saturated heterocycles. The summed E-state index contributed by atoms with van der Waals surface area (Å²) in [5.41, 5.74) is 1.01. The van der Waals surface area contributed by atoms with Crippen LogP contribution >= 0.6 is 0 Å². The highest BCUT2D eigenvalue weighted by atomic mass is 16.3. The molecule has 1 N–H and O–H groups in total. The fourth-order valence-corrected chi connectivity index (χ4v) is 1.96. The second-order valence-electron chi connectivity index (χ2n) is 4.70. The maximum absolute atomic E-state index is 8.92. The zero-order valence-corrected chi connectivity index (χ0v) is 11.0.